The van der Waals surface area contributed by atoms with E-state index >= 15 is 0 Å². The molecule has 1 atom stereocenters. The Morgan fingerprint density at radius 3 is 2.21 bits per heavy atom. The number of rotatable bonds is 5. The highest BCUT2D eigenvalue weighted by atomic mass is 32.2. The van der Waals surface area contributed by atoms with Crippen molar-refractivity contribution in [1.82, 2.24) is 5.32 Å². The molecule has 0 unspecified atom stereocenters. The maximum absolute atomic E-state index is 14.3. The molecule has 176 valence electrons. The van der Waals surface area contributed by atoms with Crippen LogP contribution in [0.2, 0.25) is 0 Å². The van der Waals surface area contributed by atoms with E-state index in [1.807, 2.05) is 26.8 Å². The normalized spacial score (nSPS) is 13.1. The Morgan fingerprint density at radius 1 is 1.06 bits per heavy atom. The second-order valence-corrected chi connectivity index (χ2v) is 10.6. The fraction of sp³-hybridized carbons (Fsp3) is 0.304. The van der Waals surface area contributed by atoms with E-state index in [4.69, 9.17) is 4.42 Å². The molecule has 1 amide bonds. The monoisotopic (exact) mass is 478 g/mol. The summed E-state index contributed by atoms with van der Waals surface area (Å²) in [6.07, 6.45) is 0.768. The third-order valence-electron chi connectivity index (χ3n) is 5.02. The van der Waals surface area contributed by atoms with E-state index in [2.05, 4.69) is 5.32 Å². The van der Waals surface area contributed by atoms with Crippen molar-refractivity contribution >= 4 is 32.6 Å². The van der Waals surface area contributed by atoms with Gasteiger partial charge >= 0.3 is 0 Å². The topological polar surface area (TPSA) is 105 Å². The van der Waals surface area contributed by atoms with Crippen LogP contribution in [0, 0.1) is 11.6 Å². The van der Waals surface area contributed by atoms with Crippen molar-refractivity contribution in [2.45, 2.75) is 39.2 Å². The molecule has 7 nitrogen and oxygen atoms in total. The molecule has 1 heterocycles. The molecule has 3 rings (SSSR count). The van der Waals surface area contributed by atoms with Crippen molar-refractivity contribution in [3.63, 3.8) is 0 Å². The fourth-order valence-electron chi connectivity index (χ4n) is 3.21. The number of halogens is 2. The predicted octanol–water partition coefficient (Wildman–Crippen LogP) is 4.23. The first-order chi connectivity index (χ1) is 15.2. The van der Waals surface area contributed by atoms with Gasteiger partial charge in [-0.05, 0) is 47.7 Å². The van der Waals surface area contributed by atoms with E-state index in [0.29, 0.717) is 5.39 Å². The number of hydrogen-bond donors (Lipinski definition) is 2. The van der Waals surface area contributed by atoms with Gasteiger partial charge in [-0.1, -0.05) is 26.8 Å². The third kappa shape index (κ3) is 5.57. The average Bonchev–Trinajstić information content (AvgIpc) is 2.68. The molecule has 0 aliphatic heterocycles. The summed E-state index contributed by atoms with van der Waals surface area (Å²) in [5, 5.41) is 2.86. The summed E-state index contributed by atoms with van der Waals surface area (Å²) in [5.74, 6) is -3.27. The summed E-state index contributed by atoms with van der Waals surface area (Å²) >= 11 is 0. The largest absolute Gasteiger partial charge is 0.451 e. The van der Waals surface area contributed by atoms with Crippen LogP contribution in [-0.2, 0) is 15.4 Å². The van der Waals surface area contributed by atoms with Crippen LogP contribution in [0.15, 0.2) is 45.6 Å². The summed E-state index contributed by atoms with van der Waals surface area (Å²) in [6, 6.07) is 7.17. The number of anilines is 1. The molecular formula is C23H24F2N2O5S. The zero-order valence-electron chi connectivity index (χ0n) is 18.7. The van der Waals surface area contributed by atoms with Gasteiger partial charge in [-0.25, -0.2) is 17.2 Å². The van der Waals surface area contributed by atoms with E-state index in [-0.39, 0.29) is 22.3 Å². The van der Waals surface area contributed by atoms with Gasteiger partial charge in [-0.3, -0.25) is 14.3 Å². The molecule has 33 heavy (non-hydrogen) atoms. The maximum Gasteiger partial charge on any atom is 0.287 e. The van der Waals surface area contributed by atoms with Crippen LogP contribution in [0.25, 0.3) is 11.0 Å². The molecule has 0 fully saturated rings. The number of carbonyl (C=O) groups excluding carboxylic acids is 1. The average molecular weight is 479 g/mol. The summed E-state index contributed by atoms with van der Waals surface area (Å²) in [7, 11) is -3.89. The third-order valence-corrected chi connectivity index (χ3v) is 5.59. The highest BCUT2D eigenvalue weighted by Gasteiger charge is 2.21. The quantitative estimate of drug-likeness (QED) is 0.571. The second-order valence-electron chi connectivity index (χ2n) is 8.86. The van der Waals surface area contributed by atoms with Gasteiger partial charge in [-0.2, -0.15) is 0 Å². The second kappa shape index (κ2) is 8.58. The van der Waals surface area contributed by atoms with Gasteiger partial charge in [0.1, 0.15) is 11.3 Å². The molecule has 10 heteroatoms. The number of sulfonamides is 1. The Kier molecular flexibility index (Phi) is 6.34. The van der Waals surface area contributed by atoms with Crippen LogP contribution in [-0.4, -0.2) is 20.6 Å². The van der Waals surface area contributed by atoms with Crippen molar-refractivity contribution in [3.8, 4) is 0 Å². The minimum Gasteiger partial charge on any atom is -0.451 e. The van der Waals surface area contributed by atoms with Crippen LogP contribution in [0.1, 0.15) is 55.4 Å². The molecule has 2 N–H and O–H groups in total. The van der Waals surface area contributed by atoms with E-state index < -0.39 is 44.7 Å². The van der Waals surface area contributed by atoms with Crippen LogP contribution in [0.5, 0.6) is 0 Å². The van der Waals surface area contributed by atoms with Crippen molar-refractivity contribution in [2.75, 3.05) is 11.0 Å². The zero-order chi connectivity index (χ0) is 24.7. The lowest BCUT2D eigenvalue weighted by atomic mass is 9.86. The standard InChI is InChI=1S/C23H24F2N2O5S/c1-12(13-8-16(24)21(17(25)9-13)27-33(5,30)31)26-22(29)20-11-18(28)15-10-14(23(2,3)4)6-7-19(15)32-20/h6-12,27H,1-5H3,(H,26,29)/t12-/m1/s1. The summed E-state index contributed by atoms with van der Waals surface area (Å²) in [6.45, 7) is 7.50. The minimum absolute atomic E-state index is 0.0513. The first-order valence-corrected chi connectivity index (χ1v) is 11.9. The number of nitrogens with one attached hydrogen (secondary N) is 2. The highest BCUT2D eigenvalue weighted by molar-refractivity contribution is 7.92. The predicted molar refractivity (Wildman–Crippen MR) is 122 cm³/mol. The molecule has 0 aliphatic rings. The van der Waals surface area contributed by atoms with Crippen LogP contribution in [0.4, 0.5) is 14.5 Å². The lowest BCUT2D eigenvalue weighted by Gasteiger charge is -2.19. The van der Waals surface area contributed by atoms with E-state index in [1.165, 1.54) is 6.92 Å². The SMILES string of the molecule is C[C@@H](NC(=O)c1cc(=O)c2cc(C(C)(C)C)ccc2o1)c1cc(F)c(NS(C)(=O)=O)c(F)c1. The molecule has 1 aromatic heterocycles. The number of carbonyl (C=O) groups is 1. The number of hydrogen-bond acceptors (Lipinski definition) is 5. The number of fused-ring (bicyclic) bond motifs is 1. The Balaban J connectivity index is 1.87. The first kappa shape index (κ1) is 24.4. The minimum atomic E-state index is -3.89. The van der Waals surface area contributed by atoms with E-state index in [0.717, 1.165) is 30.0 Å². The molecule has 0 spiro atoms. The molecule has 2 aromatic carbocycles. The van der Waals surface area contributed by atoms with Crippen molar-refractivity contribution in [2.24, 2.45) is 0 Å². The van der Waals surface area contributed by atoms with Gasteiger partial charge in [0.05, 0.1) is 17.7 Å². The fourth-order valence-corrected chi connectivity index (χ4v) is 3.78. The van der Waals surface area contributed by atoms with Gasteiger partial charge in [0.2, 0.25) is 10.0 Å². The first-order valence-electron chi connectivity index (χ1n) is 10.0. The molecule has 0 aliphatic carbocycles. The number of benzene rings is 2. The summed E-state index contributed by atoms with van der Waals surface area (Å²) < 4.78 is 58.5. The van der Waals surface area contributed by atoms with Gasteiger partial charge in [0, 0.05) is 6.07 Å². The van der Waals surface area contributed by atoms with Crippen LogP contribution < -0.4 is 15.5 Å². The Bertz CT molecular complexity index is 1390. The summed E-state index contributed by atoms with van der Waals surface area (Å²) in [4.78, 5) is 25.2. The molecular weight excluding hydrogens is 454 g/mol. The molecule has 0 bridgehead atoms. The van der Waals surface area contributed by atoms with Gasteiger partial charge in [0.15, 0.2) is 22.8 Å². The van der Waals surface area contributed by atoms with E-state index in [1.54, 1.807) is 16.9 Å². The maximum atomic E-state index is 14.3. The Labute approximate surface area is 189 Å². The summed E-state index contributed by atoms with van der Waals surface area (Å²) in [5.41, 5.74) is -0.158. The lowest BCUT2D eigenvalue weighted by Crippen LogP contribution is -2.27. The molecule has 3 aromatic rings. The number of amides is 1. The van der Waals surface area contributed by atoms with E-state index in [9.17, 15) is 26.8 Å². The van der Waals surface area contributed by atoms with Gasteiger partial charge in [0.25, 0.3) is 5.91 Å². The zero-order valence-corrected chi connectivity index (χ0v) is 19.6. The lowest BCUT2D eigenvalue weighted by molar-refractivity contribution is 0.0912. The van der Waals surface area contributed by atoms with Crippen LogP contribution >= 0.6 is 0 Å². The van der Waals surface area contributed by atoms with Crippen molar-refractivity contribution in [1.29, 1.82) is 0 Å². The molecule has 0 saturated heterocycles. The van der Waals surface area contributed by atoms with Crippen LogP contribution in [0.3, 0.4) is 0 Å². The molecule has 0 radical (unpaired) electrons. The molecule has 0 saturated carbocycles. The Hall–Kier alpha value is -3.27. The Morgan fingerprint density at radius 2 is 1.67 bits per heavy atom. The van der Waals surface area contributed by atoms with Gasteiger partial charge in [-0.15, -0.1) is 0 Å². The highest BCUT2D eigenvalue weighted by Crippen LogP contribution is 2.27. The van der Waals surface area contributed by atoms with Crippen molar-refractivity contribution in [3.05, 3.63) is 75.1 Å². The smallest absolute Gasteiger partial charge is 0.287 e. The van der Waals surface area contributed by atoms with Crippen molar-refractivity contribution < 1.29 is 26.4 Å². The van der Waals surface area contributed by atoms with Gasteiger partial charge < -0.3 is 9.73 Å².